The van der Waals surface area contributed by atoms with Gasteiger partial charge < -0.3 is 15.3 Å². The molecule has 1 unspecified atom stereocenters. The van der Waals surface area contributed by atoms with Crippen molar-refractivity contribution >= 4 is 0 Å². The standard InChI is InChI=1S/C20H27NO3/c1-20(2,3)21(12-15-7-5-4-6-8-15)13-19(24)16-9-10-18(23)17(11-16)14-22/h4-11,19,22-24H,12-14H2,1-3H3. The summed E-state index contributed by atoms with van der Waals surface area (Å²) >= 11 is 0. The van der Waals surface area contributed by atoms with E-state index in [-0.39, 0.29) is 17.9 Å². The number of aliphatic hydroxyl groups is 2. The molecule has 24 heavy (non-hydrogen) atoms. The molecule has 2 aromatic carbocycles. The van der Waals surface area contributed by atoms with E-state index < -0.39 is 6.10 Å². The lowest BCUT2D eigenvalue weighted by molar-refractivity contribution is 0.0522. The van der Waals surface area contributed by atoms with Crippen molar-refractivity contribution < 1.29 is 15.3 Å². The summed E-state index contributed by atoms with van der Waals surface area (Å²) in [6, 6.07) is 15.0. The molecule has 3 N–H and O–H groups in total. The highest BCUT2D eigenvalue weighted by Gasteiger charge is 2.24. The fourth-order valence-electron chi connectivity index (χ4n) is 2.63. The number of rotatable bonds is 6. The third-order valence-corrected chi connectivity index (χ3v) is 4.22. The Kier molecular flexibility index (Phi) is 5.99. The number of β-amino-alcohol motifs (C(OH)–C–C–N with tert-alkyl or cyclic N) is 1. The minimum atomic E-state index is -0.696. The smallest absolute Gasteiger partial charge is 0.121 e. The van der Waals surface area contributed by atoms with E-state index in [4.69, 9.17) is 0 Å². The maximum atomic E-state index is 10.6. The van der Waals surface area contributed by atoms with E-state index in [1.54, 1.807) is 12.1 Å². The van der Waals surface area contributed by atoms with Crippen molar-refractivity contribution in [1.29, 1.82) is 0 Å². The maximum Gasteiger partial charge on any atom is 0.121 e. The summed E-state index contributed by atoms with van der Waals surface area (Å²) in [6.07, 6.45) is -0.696. The second-order valence-corrected chi connectivity index (χ2v) is 7.10. The van der Waals surface area contributed by atoms with Crippen molar-refractivity contribution in [3.8, 4) is 5.75 Å². The first-order chi connectivity index (χ1) is 11.3. The van der Waals surface area contributed by atoms with Crippen molar-refractivity contribution in [1.82, 2.24) is 4.90 Å². The first kappa shape index (κ1) is 18.5. The van der Waals surface area contributed by atoms with Gasteiger partial charge in [-0.05, 0) is 44.0 Å². The Morgan fingerprint density at radius 2 is 1.71 bits per heavy atom. The third kappa shape index (κ3) is 4.81. The normalized spacial score (nSPS) is 13.2. The van der Waals surface area contributed by atoms with Crippen molar-refractivity contribution in [2.24, 2.45) is 0 Å². The van der Waals surface area contributed by atoms with Gasteiger partial charge in [-0.1, -0.05) is 36.4 Å². The van der Waals surface area contributed by atoms with Crippen molar-refractivity contribution in [3.63, 3.8) is 0 Å². The molecule has 0 heterocycles. The molecule has 2 rings (SSSR count). The fraction of sp³-hybridized carbons (Fsp3) is 0.400. The molecule has 0 saturated carbocycles. The number of benzene rings is 2. The number of phenols is 1. The Morgan fingerprint density at radius 1 is 1.04 bits per heavy atom. The summed E-state index contributed by atoms with van der Waals surface area (Å²) in [4.78, 5) is 2.22. The zero-order valence-electron chi connectivity index (χ0n) is 14.6. The minimum absolute atomic E-state index is 0.0467. The highest BCUT2D eigenvalue weighted by atomic mass is 16.3. The van der Waals surface area contributed by atoms with Crippen LogP contribution in [0.15, 0.2) is 48.5 Å². The summed E-state index contributed by atoms with van der Waals surface area (Å²) in [7, 11) is 0. The number of aliphatic hydroxyl groups excluding tert-OH is 2. The molecule has 0 amide bonds. The zero-order valence-corrected chi connectivity index (χ0v) is 14.6. The highest BCUT2D eigenvalue weighted by Crippen LogP contribution is 2.26. The SMILES string of the molecule is CC(C)(C)N(Cc1ccccc1)CC(O)c1ccc(O)c(CO)c1. The Labute approximate surface area is 144 Å². The molecule has 0 radical (unpaired) electrons. The first-order valence-corrected chi connectivity index (χ1v) is 8.21. The lowest BCUT2D eigenvalue weighted by atomic mass is 10.0. The molecule has 0 saturated heterocycles. The average molecular weight is 329 g/mol. The topological polar surface area (TPSA) is 63.9 Å². The summed E-state index contributed by atoms with van der Waals surface area (Å²) in [5, 5.41) is 29.6. The molecule has 0 bridgehead atoms. The zero-order chi connectivity index (χ0) is 17.7. The molecule has 0 aromatic heterocycles. The molecule has 4 heteroatoms. The Balaban J connectivity index is 2.17. The van der Waals surface area contributed by atoms with Gasteiger partial charge in [0.25, 0.3) is 0 Å². The maximum absolute atomic E-state index is 10.6. The predicted molar refractivity (Wildman–Crippen MR) is 95.6 cm³/mol. The largest absolute Gasteiger partial charge is 0.508 e. The van der Waals surface area contributed by atoms with Crippen LogP contribution < -0.4 is 0 Å². The Hall–Kier alpha value is -1.88. The van der Waals surface area contributed by atoms with Crippen LogP contribution in [0.3, 0.4) is 0 Å². The van der Waals surface area contributed by atoms with Crippen LogP contribution in [0.1, 0.15) is 43.6 Å². The molecule has 2 aromatic rings. The molecular weight excluding hydrogens is 302 g/mol. The van der Waals surface area contributed by atoms with Gasteiger partial charge in [0.15, 0.2) is 0 Å². The predicted octanol–water partition coefficient (Wildman–Crippen LogP) is 3.22. The van der Waals surface area contributed by atoms with Gasteiger partial charge in [-0.15, -0.1) is 0 Å². The quantitative estimate of drug-likeness (QED) is 0.761. The van der Waals surface area contributed by atoms with Crippen LogP contribution in [0.4, 0.5) is 0 Å². The van der Waals surface area contributed by atoms with E-state index in [9.17, 15) is 15.3 Å². The van der Waals surface area contributed by atoms with Gasteiger partial charge in [-0.3, -0.25) is 4.90 Å². The molecule has 0 fully saturated rings. The Morgan fingerprint density at radius 3 is 2.29 bits per heavy atom. The van der Waals surface area contributed by atoms with Crippen molar-refractivity contribution in [3.05, 3.63) is 65.2 Å². The van der Waals surface area contributed by atoms with Crippen LogP contribution in [-0.2, 0) is 13.2 Å². The number of hydrogen-bond acceptors (Lipinski definition) is 4. The van der Waals surface area contributed by atoms with Gasteiger partial charge in [-0.2, -0.15) is 0 Å². The molecule has 1 atom stereocenters. The molecule has 0 aliphatic carbocycles. The van der Waals surface area contributed by atoms with E-state index in [0.29, 0.717) is 17.7 Å². The van der Waals surface area contributed by atoms with Gasteiger partial charge >= 0.3 is 0 Å². The fourth-order valence-corrected chi connectivity index (χ4v) is 2.63. The molecular formula is C20H27NO3. The van der Waals surface area contributed by atoms with Crippen molar-refractivity contribution in [2.45, 2.75) is 45.6 Å². The second kappa shape index (κ2) is 7.79. The van der Waals surface area contributed by atoms with E-state index in [1.807, 2.05) is 18.2 Å². The van der Waals surface area contributed by atoms with Crippen LogP contribution in [0, 0.1) is 0 Å². The van der Waals surface area contributed by atoms with Crippen LogP contribution in [0.5, 0.6) is 5.75 Å². The monoisotopic (exact) mass is 329 g/mol. The minimum Gasteiger partial charge on any atom is -0.508 e. The highest BCUT2D eigenvalue weighted by molar-refractivity contribution is 5.36. The third-order valence-electron chi connectivity index (χ3n) is 4.22. The number of aromatic hydroxyl groups is 1. The lowest BCUT2D eigenvalue weighted by Crippen LogP contribution is -2.43. The summed E-state index contributed by atoms with van der Waals surface area (Å²) in [5.74, 6) is 0.0467. The van der Waals surface area contributed by atoms with Gasteiger partial charge in [0.2, 0.25) is 0 Å². The van der Waals surface area contributed by atoms with Gasteiger partial charge in [-0.25, -0.2) is 0 Å². The van der Waals surface area contributed by atoms with E-state index >= 15 is 0 Å². The van der Waals surface area contributed by atoms with E-state index in [0.717, 1.165) is 6.54 Å². The first-order valence-electron chi connectivity index (χ1n) is 8.21. The van der Waals surface area contributed by atoms with Gasteiger partial charge in [0.05, 0.1) is 12.7 Å². The molecule has 0 aliphatic rings. The molecule has 4 nitrogen and oxygen atoms in total. The average Bonchev–Trinajstić information content (AvgIpc) is 2.54. The summed E-state index contributed by atoms with van der Waals surface area (Å²) in [5.41, 5.74) is 2.21. The molecule has 0 spiro atoms. The summed E-state index contributed by atoms with van der Waals surface area (Å²) < 4.78 is 0. The molecule has 0 aliphatic heterocycles. The Bertz CT molecular complexity index is 650. The lowest BCUT2D eigenvalue weighted by Gasteiger charge is -2.37. The van der Waals surface area contributed by atoms with Gasteiger partial charge in [0, 0.05) is 24.2 Å². The molecule has 130 valence electrons. The van der Waals surface area contributed by atoms with Crippen LogP contribution in [0.2, 0.25) is 0 Å². The van der Waals surface area contributed by atoms with E-state index in [1.165, 1.54) is 11.6 Å². The van der Waals surface area contributed by atoms with Crippen LogP contribution in [-0.4, -0.2) is 32.3 Å². The van der Waals surface area contributed by atoms with Crippen molar-refractivity contribution in [2.75, 3.05) is 6.54 Å². The van der Waals surface area contributed by atoms with E-state index in [2.05, 4.69) is 37.8 Å². The summed E-state index contributed by atoms with van der Waals surface area (Å²) in [6.45, 7) is 7.33. The van der Waals surface area contributed by atoms with Crippen LogP contribution >= 0.6 is 0 Å². The van der Waals surface area contributed by atoms with Gasteiger partial charge in [0.1, 0.15) is 5.75 Å². The second-order valence-electron chi connectivity index (χ2n) is 7.10. The number of hydrogen-bond donors (Lipinski definition) is 3. The van der Waals surface area contributed by atoms with Crippen LogP contribution in [0.25, 0.3) is 0 Å². The number of nitrogens with zero attached hydrogens (tertiary/aromatic N) is 1.